The summed E-state index contributed by atoms with van der Waals surface area (Å²) in [6.45, 7) is 2.63. The number of methoxy groups -OCH3 is 1. The molecule has 0 saturated heterocycles. The van der Waals surface area contributed by atoms with E-state index in [0.717, 1.165) is 39.5 Å². The van der Waals surface area contributed by atoms with Crippen LogP contribution in [0.5, 0.6) is 11.5 Å². The van der Waals surface area contributed by atoms with Crippen molar-refractivity contribution in [3.8, 4) is 11.5 Å². The van der Waals surface area contributed by atoms with Crippen molar-refractivity contribution in [2.75, 3.05) is 13.7 Å². The lowest BCUT2D eigenvalue weighted by molar-refractivity contribution is 0.0925. The summed E-state index contributed by atoms with van der Waals surface area (Å²) in [6.07, 6.45) is 0.0150. The zero-order chi connectivity index (χ0) is 20.9. The highest BCUT2D eigenvalue weighted by molar-refractivity contribution is 5.76. The summed E-state index contributed by atoms with van der Waals surface area (Å²) in [6, 6.07) is 23.8. The number of hydrogen-bond donors (Lipinski definition) is 1. The SMILES string of the molecule is COc1ccc(Cc2nc3ccccc3n2C[C@H](O)COc2ccccc2C)cc1. The largest absolute Gasteiger partial charge is 0.497 e. The van der Waals surface area contributed by atoms with Gasteiger partial charge in [-0.15, -0.1) is 0 Å². The zero-order valence-corrected chi connectivity index (χ0v) is 17.3. The molecular weight excluding hydrogens is 376 g/mol. The Morgan fingerprint density at radius 3 is 2.47 bits per heavy atom. The zero-order valence-electron chi connectivity index (χ0n) is 17.3. The van der Waals surface area contributed by atoms with Crippen molar-refractivity contribution < 1.29 is 14.6 Å². The van der Waals surface area contributed by atoms with Crippen LogP contribution in [-0.4, -0.2) is 34.5 Å². The number of para-hydroxylation sites is 3. The lowest BCUT2D eigenvalue weighted by Gasteiger charge is -2.16. The van der Waals surface area contributed by atoms with Crippen LogP contribution in [0.1, 0.15) is 17.0 Å². The second kappa shape index (κ2) is 9.01. The molecule has 0 bridgehead atoms. The topological polar surface area (TPSA) is 56.5 Å². The Morgan fingerprint density at radius 2 is 1.70 bits per heavy atom. The number of fused-ring (bicyclic) bond motifs is 1. The third-order valence-electron chi connectivity index (χ3n) is 5.17. The Balaban J connectivity index is 1.54. The first kappa shape index (κ1) is 20.0. The molecule has 3 aromatic carbocycles. The summed E-state index contributed by atoms with van der Waals surface area (Å²) in [5.41, 5.74) is 4.12. The normalized spacial score (nSPS) is 12.1. The van der Waals surface area contributed by atoms with Crippen LogP contribution < -0.4 is 9.47 Å². The van der Waals surface area contributed by atoms with Crippen molar-refractivity contribution in [3.05, 3.63) is 89.7 Å². The first-order chi connectivity index (χ1) is 14.6. The molecule has 0 spiro atoms. The van der Waals surface area contributed by atoms with Gasteiger partial charge in [0.2, 0.25) is 0 Å². The Hall–Kier alpha value is -3.31. The van der Waals surface area contributed by atoms with E-state index >= 15 is 0 Å². The summed E-state index contributed by atoms with van der Waals surface area (Å²) in [5, 5.41) is 10.7. The van der Waals surface area contributed by atoms with Crippen LogP contribution in [0.15, 0.2) is 72.8 Å². The van der Waals surface area contributed by atoms with E-state index in [0.29, 0.717) is 13.0 Å². The highest BCUT2D eigenvalue weighted by Gasteiger charge is 2.15. The molecule has 30 heavy (non-hydrogen) atoms. The Labute approximate surface area is 176 Å². The molecule has 154 valence electrons. The second-order valence-corrected chi connectivity index (χ2v) is 7.38. The maximum absolute atomic E-state index is 10.7. The summed E-state index contributed by atoms with van der Waals surface area (Å²) in [5.74, 6) is 2.54. The highest BCUT2D eigenvalue weighted by Crippen LogP contribution is 2.21. The maximum Gasteiger partial charge on any atom is 0.122 e. The Bertz CT molecular complexity index is 1120. The van der Waals surface area contributed by atoms with Gasteiger partial charge in [0.15, 0.2) is 0 Å². The number of rotatable bonds is 8. The van der Waals surface area contributed by atoms with E-state index in [1.807, 2.05) is 79.7 Å². The van der Waals surface area contributed by atoms with Gasteiger partial charge in [0.25, 0.3) is 0 Å². The van der Waals surface area contributed by atoms with Gasteiger partial charge in [-0.3, -0.25) is 0 Å². The van der Waals surface area contributed by atoms with Gasteiger partial charge in [0, 0.05) is 6.42 Å². The number of benzene rings is 3. The van der Waals surface area contributed by atoms with Crippen molar-refractivity contribution in [2.24, 2.45) is 0 Å². The smallest absolute Gasteiger partial charge is 0.122 e. The fourth-order valence-corrected chi connectivity index (χ4v) is 3.56. The predicted molar refractivity (Wildman–Crippen MR) is 118 cm³/mol. The minimum absolute atomic E-state index is 0.222. The Kier molecular flexibility index (Phi) is 6.00. The van der Waals surface area contributed by atoms with Crippen molar-refractivity contribution >= 4 is 11.0 Å². The number of aliphatic hydroxyl groups is 1. The van der Waals surface area contributed by atoms with Crippen LogP contribution in [0.2, 0.25) is 0 Å². The molecule has 4 aromatic rings. The second-order valence-electron chi connectivity index (χ2n) is 7.38. The van der Waals surface area contributed by atoms with Crippen molar-refractivity contribution in [1.29, 1.82) is 0 Å². The van der Waals surface area contributed by atoms with Crippen molar-refractivity contribution in [2.45, 2.75) is 26.0 Å². The molecule has 0 fully saturated rings. The molecular formula is C25H26N2O3. The van der Waals surface area contributed by atoms with E-state index in [1.54, 1.807) is 7.11 Å². The molecule has 1 aromatic heterocycles. The van der Waals surface area contributed by atoms with Crippen molar-refractivity contribution in [3.63, 3.8) is 0 Å². The lowest BCUT2D eigenvalue weighted by atomic mass is 10.1. The highest BCUT2D eigenvalue weighted by atomic mass is 16.5. The number of aromatic nitrogens is 2. The fraction of sp³-hybridized carbons (Fsp3) is 0.240. The molecule has 1 heterocycles. The van der Waals surface area contributed by atoms with Gasteiger partial charge >= 0.3 is 0 Å². The molecule has 0 aliphatic heterocycles. The van der Waals surface area contributed by atoms with Gasteiger partial charge < -0.3 is 19.1 Å². The third kappa shape index (κ3) is 4.47. The fourth-order valence-electron chi connectivity index (χ4n) is 3.56. The number of ether oxygens (including phenoxy) is 2. The van der Waals surface area contributed by atoms with Gasteiger partial charge in [0.1, 0.15) is 30.0 Å². The number of imidazole rings is 1. The molecule has 5 nitrogen and oxygen atoms in total. The van der Waals surface area contributed by atoms with E-state index < -0.39 is 6.10 Å². The minimum atomic E-state index is -0.656. The quantitative estimate of drug-likeness (QED) is 0.475. The van der Waals surface area contributed by atoms with Crippen LogP contribution in [0.25, 0.3) is 11.0 Å². The van der Waals surface area contributed by atoms with E-state index in [4.69, 9.17) is 14.5 Å². The summed E-state index contributed by atoms with van der Waals surface area (Å²) < 4.78 is 13.2. The predicted octanol–water partition coefficient (Wildman–Crippen LogP) is 4.38. The summed E-state index contributed by atoms with van der Waals surface area (Å²) in [7, 11) is 1.66. The molecule has 1 N–H and O–H groups in total. The minimum Gasteiger partial charge on any atom is -0.497 e. The van der Waals surface area contributed by atoms with Gasteiger partial charge in [-0.2, -0.15) is 0 Å². The van der Waals surface area contributed by atoms with Crippen LogP contribution in [-0.2, 0) is 13.0 Å². The number of nitrogens with zero attached hydrogens (tertiary/aromatic N) is 2. The van der Waals surface area contributed by atoms with Crippen LogP contribution in [0.3, 0.4) is 0 Å². The van der Waals surface area contributed by atoms with E-state index in [1.165, 1.54) is 0 Å². The van der Waals surface area contributed by atoms with E-state index in [9.17, 15) is 5.11 Å². The molecule has 0 amide bonds. The first-order valence-corrected chi connectivity index (χ1v) is 10.1. The Morgan fingerprint density at radius 1 is 0.967 bits per heavy atom. The van der Waals surface area contributed by atoms with Gasteiger partial charge in [0.05, 0.1) is 24.7 Å². The molecule has 0 radical (unpaired) electrons. The summed E-state index contributed by atoms with van der Waals surface area (Å²) >= 11 is 0. The monoisotopic (exact) mass is 402 g/mol. The average Bonchev–Trinajstić information content (AvgIpc) is 3.10. The molecule has 4 rings (SSSR count). The summed E-state index contributed by atoms with van der Waals surface area (Å²) in [4.78, 5) is 4.82. The molecule has 0 saturated carbocycles. The van der Waals surface area contributed by atoms with E-state index in [2.05, 4.69) is 4.57 Å². The molecule has 5 heteroatoms. The van der Waals surface area contributed by atoms with Gasteiger partial charge in [-0.05, 0) is 48.4 Å². The average molecular weight is 402 g/mol. The molecule has 0 unspecified atom stereocenters. The number of aliphatic hydroxyl groups excluding tert-OH is 1. The van der Waals surface area contributed by atoms with Crippen LogP contribution >= 0.6 is 0 Å². The van der Waals surface area contributed by atoms with Crippen molar-refractivity contribution in [1.82, 2.24) is 9.55 Å². The molecule has 1 atom stereocenters. The molecule has 0 aliphatic rings. The number of aryl methyl sites for hydroxylation is 1. The third-order valence-corrected chi connectivity index (χ3v) is 5.17. The van der Waals surface area contributed by atoms with Crippen LogP contribution in [0.4, 0.5) is 0 Å². The van der Waals surface area contributed by atoms with Gasteiger partial charge in [-0.25, -0.2) is 4.98 Å². The maximum atomic E-state index is 10.7. The van der Waals surface area contributed by atoms with Gasteiger partial charge in [-0.1, -0.05) is 42.5 Å². The van der Waals surface area contributed by atoms with Crippen LogP contribution in [0, 0.1) is 6.92 Å². The lowest BCUT2D eigenvalue weighted by Crippen LogP contribution is -2.24. The standard InChI is InChI=1S/C25H26N2O3/c1-18-7-3-6-10-24(18)30-17-20(28)16-27-23-9-5-4-8-22(23)26-25(27)15-19-11-13-21(29-2)14-12-19/h3-14,20,28H,15-17H2,1-2H3/t20-/m0/s1. The molecule has 0 aliphatic carbocycles. The van der Waals surface area contributed by atoms with E-state index in [-0.39, 0.29) is 6.61 Å². The number of hydrogen-bond acceptors (Lipinski definition) is 4. The first-order valence-electron chi connectivity index (χ1n) is 10.1.